The summed E-state index contributed by atoms with van der Waals surface area (Å²) in [5, 5.41) is 2.02. The molecular weight excluding hydrogens is 501 g/mol. The molecule has 0 aliphatic rings. The molecule has 0 radical (unpaired) electrons. The third kappa shape index (κ3) is 3.45. The summed E-state index contributed by atoms with van der Waals surface area (Å²) in [7, 11) is 3.57. The molecule has 184 valence electrons. The van der Waals surface area contributed by atoms with E-state index in [9.17, 15) is 22.8 Å². The maximum atomic E-state index is 13.7. The van der Waals surface area contributed by atoms with E-state index in [2.05, 4.69) is 0 Å². The fourth-order valence-electron chi connectivity index (χ4n) is 5.19. The SMILES string of the molecule is Cn1c2ccc(Cl)cc2c(=O)c2cc3c(cc21)c(=O)c1cc(-c2ccccc2C(F)(F)F)ccc1n3C. The van der Waals surface area contributed by atoms with Gasteiger partial charge in [0.05, 0.1) is 27.6 Å². The molecule has 6 rings (SSSR count). The van der Waals surface area contributed by atoms with Gasteiger partial charge in [-0.2, -0.15) is 13.2 Å². The number of hydrogen-bond donors (Lipinski definition) is 0. The first kappa shape index (κ1) is 23.3. The van der Waals surface area contributed by atoms with Gasteiger partial charge in [-0.05, 0) is 59.7 Å². The molecule has 0 saturated heterocycles. The minimum absolute atomic E-state index is 0.00471. The fourth-order valence-corrected chi connectivity index (χ4v) is 5.36. The van der Waals surface area contributed by atoms with Crippen molar-refractivity contribution in [3.8, 4) is 11.1 Å². The van der Waals surface area contributed by atoms with Gasteiger partial charge in [-0.3, -0.25) is 9.59 Å². The van der Waals surface area contributed by atoms with Crippen LogP contribution in [0, 0.1) is 0 Å². The third-order valence-corrected chi connectivity index (χ3v) is 7.27. The van der Waals surface area contributed by atoms with E-state index in [0.717, 1.165) is 6.07 Å². The van der Waals surface area contributed by atoms with Crippen molar-refractivity contribution in [1.29, 1.82) is 0 Å². The summed E-state index contributed by atoms with van der Waals surface area (Å²) in [6.45, 7) is 0. The minimum atomic E-state index is -4.53. The van der Waals surface area contributed by atoms with Gasteiger partial charge in [0, 0.05) is 40.7 Å². The van der Waals surface area contributed by atoms with Gasteiger partial charge in [0.1, 0.15) is 0 Å². The predicted octanol–water partition coefficient (Wildman–Crippen LogP) is 7.04. The third-order valence-electron chi connectivity index (χ3n) is 7.04. The highest BCUT2D eigenvalue weighted by atomic mass is 35.5. The van der Waals surface area contributed by atoms with Gasteiger partial charge in [0.25, 0.3) is 0 Å². The first-order chi connectivity index (χ1) is 17.6. The molecule has 2 heterocycles. The molecule has 4 nitrogen and oxygen atoms in total. The average molecular weight is 519 g/mol. The van der Waals surface area contributed by atoms with E-state index < -0.39 is 11.7 Å². The smallest absolute Gasteiger partial charge is 0.343 e. The Morgan fingerprint density at radius 1 is 0.649 bits per heavy atom. The summed E-state index contributed by atoms with van der Waals surface area (Å²) in [6.07, 6.45) is -4.53. The number of fused-ring (bicyclic) bond motifs is 4. The lowest BCUT2D eigenvalue weighted by atomic mass is 9.97. The monoisotopic (exact) mass is 518 g/mol. The minimum Gasteiger partial charge on any atom is -0.343 e. The van der Waals surface area contributed by atoms with Gasteiger partial charge in [-0.1, -0.05) is 35.9 Å². The Morgan fingerprint density at radius 2 is 1.16 bits per heavy atom. The number of hydrogen-bond acceptors (Lipinski definition) is 2. The molecule has 2 aromatic heterocycles. The summed E-state index contributed by atoms with van der Waals surface area (Å²) < 4.78 is 44.6. The topological polar surface area (TPSA) is 44.0 Å². The van der Waals surface area contributed by atoms with E-state index >= 15 is 0 Å². The zero-order chi connectivity index (χ0) is 26.2. The zero-order valence-electron chi connectivity index (χ0n) is 19.7. The fraction of sp³-hybridized carbons (Fsp3) is 0.103. The van der Waals surface area contributed by atoms with Crippen molar-refractivity contribution in [1.82, 2.24) is 9.13 Å². The molecule has 0 saturated carbocycles. The Hall–Kier alpha value is -4.10. The van der Waals surface area contributed by atoms with Gasteiger partial charge in [-0.15, -0.1) is 0 Å². The van der Waals surface area contributed by atoms with Gasteiger partial charge in [0.15, 0.2) is 10.9 Å². The molecule has 0 bridgehead atoms. The number of benzene rings is 4. The van der Waals surface area contributed by atoms with Crippen molar-refractivity contribution < 1.29 is 13.2 Å². The van der Waals surface area contributed by atoms with Crippen molar-refractivity contribution in [2.24, 2.45) is 14.1 Å². The first-order valence-corrected chi connectivity index (χ1v) is 11.8. The quantitative estimate of drug-likeness (QED) is 0.219. The molecule has 0 atom stereocenters. The van der Waals surface area contributed by atoms with E-state index in [0.29, 0.717) is 54.2 Å². The predicted molar refractivity (Wildman–Crippen MR) is 142 cm³/mol. The molecule has 0 aliphatic heterocycles. The lowest BCUT2D eigenvalue weighted by Crippen LogP contribution is -2.13. The van der Waals surface area contributed by atoms with Gasteiger partial charge in [-0.25, -0.2) is 0 Å². The summed E-state index contributed by atoms with van der Waals surface area (Å²) in [6, 6.07) is 18.5. The molecule has 6 aromatic rings. The summed E-state index contributed by atoms with van der Waals surface area (Å²) in [5.74, 6) is 0. The Labute approximate surface area is 212 Å². The van der Waals surface area contributed by atoms with Crippen LogP contribution in [-0.4, -0.2) is 9.13 Å². The van der Waals surface area contributed by atoms with E-state index in [4.69, 9.17) is 11.6 Å². The van der Waals surface area contributed by atoms with Gasteiger partial charge >= 0.3 is 6.18 Å². The van der Waals surface area contributed by atoms with E-state index in [1.165, 1.54) is 24.3 Å². The largest absolute Gasteiger partial charge is 0.417 e. The summed E-state index contributed by atoms with van der Waals surface area (Å²) >= 11 is 6.14. The van der Waals surface area contributed by atoms with Crippen LogP contribution >= 0.6 is 11.6 Å². The highest BCUT2D eigenvalue weighted by Crippen LogP contribution is 2.37. The highest BCUT2D eigenvalue weighted by Gasteiger charge is 2.33. The zero-order valence-corrected chi connectivity index (χ0v) is 20.4. The second-order valence-corrected chi connectivity index (χ2v) is 9.54. The summed E-state index contributed by atoms with van der Waals surface area (Å²) in [4.78, 5) is 27.1. The number of pyridine rings is 2. The van der Waals surface area contributed by atoms with Crippen LogP contribution in [0.5, 0.6) is 0 Å². The van der Waals surface area contributed by atoms with Crippen LogP contribution in [0.25, 0.3) is 54.7 Å². The normalized spacial score (nSPS) is 12.3. The van der Waals surface area contributed by atoms with E-state index in [-0.39, 0.29) is 16.4 Å². The Balaban J connectivity index is 1.70. The number of aromatic nitrogens is 2. The lowest BCUT2D eigenvalue weighted by molar-refractivity contribution is -0.137. The maximum absolute atomic E-state index is 13.7. The van der Waals surface area contributed by atoms with Gasteiger partial charge < -0.3 is 9.13 Å². The van der Waals surface area contributed by atoms with Crippen molar-refractivity contribution in [2.75, 3.05) is 0 Å². The average Bonchev–Trinajstić information content (AvgIpc) is 2.89. The first-order valence-electron chi connectivity index (χ1n) is 11.4. The molecule has 0 unspecified atom stereocenters. The lowest BCUT2D eigenvalue weighted by Gasteiger charge is -2.16. The molecule has 8 heteroatoms. The molecule has 0 aliphatic carbocycles. The van der Waals surface area contributed by atoms with Crippen molar-refractivity contribution in [3.63, 3.8) is 0 Å². The van der Waals surface area contributed by atoms with E-state index in [1.54, 1.807) is 54.1 Å². The van der Waals surface area contributed by atoms with Crippen molar-refractivity contribution >= 4 is 55.2 Å². The molecule has 0 N–H and O–H groups in total. The maximum Gasteiger partial charge on any atom is 0.417 e. The van der Waals surface area contributed by atoms with Crippen LogP contribution in [0.1, 0.15) is 5.56 Å². The number of nitrogens with zero attached hydrogens (tertiary/aromatic N) is 2. The van der Waals surface area contributed by atoms with Crippen LogP contribution < -0.4 is 10.9 Å². The number of rotatable bonds is 1. The molecule has 4 aromatic carbocycles. The van der Waals surface area contributed by atoms with Crippen LogP contribution in [0.3, 0.4) is 0 Å². The van der Waals surface area contributed by atoms with E-state index in [1.807, 2.05) is 11.6 Å². The van der Waals surface area contributed by atoms with Crippen LogP contribution in [0.4, 0.5) is 13.2 Å². The van der Waals surface area contributed by atoms with Crippen LogP contribution in [0.2, 0.25) is 5.02 Å². The van der Waals surface area contributed by atoms with Gasteiger partial charge in [0.2, 0.25) is 0 Å². The van der Waals surface area contributed by atoms with Crippen molar-refractivity contribution in [3.05, 3.63) is 104 Å². The van der Waals surface area contributed by atoms with Crippen LogP contribution in [-0.2, 0) is 20.3 Å². The standard InChI is InChI=1S/C29H18ClF3N2O2/c1-34-23-9-7-15(17-5-3-4-6-22(17)29(31,32)33)11-18(23)27(36)20-13-26-21(14-25(20)34)28(37)19-12-16(30)8-10-24(19)35(26)2/h3-14H,1-2H3. The molecule has 0 spiro atoms. The second-order valence-electron chi connectivity index (χ2n) is 9.10. The Kier molecular flexibility index (Phi) is 5.01. The number of halogens is 4. The number of aryl methyl sites for hydroxylation is 2. The van der Waals surface area contributed by atoms with Crippen LogP contribution in [0.15, 0.2) is 82.4 Å². The Bertz CT molecular complexity index is 2060. The molecule has 0 amide bonds. The molecule has 0 fully saturated rings. The highest BCUT2D eigenvalue weighted by molar-refractivity contribution is 6.31. The molecular formula is C29H18ClF3N2O2. The second kappa shape index (κ2) is 7.95. The Morgan fingerprint density at radius 3 is 1.76 bits per heavy atom. The van der Waals surface area contributed by atoms with Crippen molar-refractivity contribution in [2.45, 2.75) is 6.18 Å². The molecule has 37 heavy (non-hydrogen) atoms. The number of alkyl halides is 3. The summed E-state index contributed by atoms with van der Waals surface area (Å²) in [5.41, 5.74) is 1.36.